The molecule has 2 aromatic carbocycles. The highest BCUT2D eigenvalue weighted by Gasteiger charge is 2.13. The average Bonchev–Trinajstić information content (AvgIpc) is 2.51. The molecule has 2 aromatic rings. The molecular weight excluding hydrogens is 258 g/mol. The van der Waals surface area contributed by atoms with Crippen molar-refractivity contribution >= 4 is 16.7 Å². The van der Waals surface area contributed by atoms with Crippen LogP contribution in [0.25, 0.3) is 10.8 Å². The summed E-state index contributed by atoms with van der Waals surface area (Å²) in [4.78, 5) is 16.9. The Labute approximate surface area is 117 Å². The van der Waals surface area contributed by atoms with Gasteiger partial charge in [0.05, 0.1) is 21.3 Å². The highest BCUT2D eigenvalue weighted by molar-refractivity contribution is 5.98. The number of carbonyl (C=O) groups is 1. The number of methoxy groups -OCH3 is 2. The zero-order chi connectivity index (χ0) is 14.7. The van der Waals surface area contributed by atoms with Gasteiger partial charge in [-0.3, -0.25) is 9.63 Å². The van der Waals surface area contributed by atoms with Gasteiger partial charge >= 0.3 is 0 Å². The number of benzene rings is 2. The zero-order valence-electron chi connectivity index (χ0n) is 12.0. The molecule has 0 aliphatic carbocycles. The van der Waals surface area contributed by atoms with E-state index in [4.69, 9.17) is 14.3 Å². The van der Waals surface area contributed by atoms with E-state index in [-0.39, 0.29) is 5.91 Å². The molecule has 0 aliphatic rings. The van der Waals surface area contributed by atoms with Crippen molar-refractivity contribution in [2.45, 2.75) is 0 Å². The summed E-state index contributed by atoms with van der Waals surface area (Å²) in [6.07, 6.45) is 0. The van der Waals surface area contributed by atoms with Crippen molar-refractivity contribution in [2.75, 3.05) is 28.4 Å². The maximum atomic E-state index is 12.0. The van der Waals surface area contributed by atoms with E-state index in [1.54, 1.807) is 33.4 Å². The number of hydrogen-bond acceptors (Lipinski definition) is 4. The van der Waals surface area contributed by atoms with Crippen LogP contribution in [0.5, 0.6) is 11.5 Å². The molecule has 20 heavy (non-hydrogen) atoms. The van der Waals surface area contributed by atoms with Crippen molar-refractivity contribution in [1.82, 2.24) is 5.06 Å². The number of hydroxylamine groups is 2. The molecule has 0 radical (unpaired) electrons. The number of ether oxygens (including phenoxy) is 2. The molecular formula is C15H17NO4. The van der Waals surface area contributed by atoms with E-state index in [2.05, 4.69) is 0 Å². The molecule has 0 N–H and O–H groups in total. The fourth-order valence-corrected chi connectivity index (χ4v) is 1.97. The first-order chi connectivity index (χ1) is 9.60. The van der Waals surface area contributed by atoms with Crippen LogP contribution in [-0.2, 0) is 4.84 Å². The van der Waals surface area contributed by atoms with Gasteiger partial charge in [-0.05, 0) is 35.0 Å². The second-order valence-corrected chi connectivity index (χ2v) is 4.25. The summed E-state index contributed by atoms with van der Waals surface area (Å²) in [5.41, 5.74) is 0.550. The zero-order valence-corrected chi connectivity index (χ0v) is 12.0. The van der Waals surface area contributed by atoms with E-state index in [9.17, 15) is 4.79 Å². The van der Waals surface area contributed by atoms with E-state index in [1.807, 2.05) is 18.2 Å². The summed E-state index contributed by atoms with van der Waals surface area (Å²) in [7, 11) is 6.19. The van der Waals surface area contributed by atoms with Gasteiger partial charge in [0.2, 0.25) is 0 Å². The fourth-order valence-electron chi connectivity index (χ4n) is 1.97. The Morgan fingerprint density at radius 1 is 0.950 bits per heavy atom. The highest BCUT2D eigenvalue weighted by Crippen LogP contribution is 2.32. The number of amides is 1. The summed E-state index contributed by atoms with van der Waals surface area (Å²) in [6, 6.07) is 9.15. The van der Waals surface area contributed by atoms with Crippen molar-refractivity contribution in [1.29, 1.82) is 0 Å². The second-order valence-electron chi connectivity index (χ2n) is 4.25. The van der Waals surface area contributed by atoms with Gasteiger partial charge in [-0.25, -0.2) is 5.06 Å². The summed E-state index contributed by atoms with van der Waals surface area (Å²) < 4.78 is 10.5. The van der Waals surface area contributed by atoms with E-state index in [1.165, 1.54) is 12.2 Å². The van der Waals surface area contributed by atoms with Crippen LogP contribution < -0.4 is 9.47 Å². The van der Waals surface area contributed by atoms with Gasteiger partial charge in [-0.2, -0.15) is 0 Å². The molecule has 0 aliphatic heterocycles. The van der Waals surface area contributed by atoms with Gasteiger partial charge in [0.25, 0.3) is 5.91 Å². The highest BCUT2D eigenvalue weighted by atomic mass is 16.7. The molecule has 0 aromatic heterocycles. The summed E-state index contributed by atoms with van der Waals surface area (Å²) in [6.45, 7) is 0. The van der Waals surface area contributed by atoms with Crippen molar-refractivity contribution in [3.63, 3.8) is 0 Å². The van der Waals surface area contributed by atoms with Crippen LogP contribution in [0, 0.1) is 0 Å². The minimum Gasteiger partial charge on any atom is -0.493 e. The Morgan fingerprint density at radius 2 is 1.55 bits per heavy atom. The normalized spacial score (nSPS) is 10.4. The van der Waals surface area contributed by atoms with Crippen LogP contribution in [0.2, 0.25) is 0 Å². The van der Waals surface area contributed by atoms with Crippen LogP contribution in [0.3, 0.4) is 0 Å². The Kier molecular flexibility index (Phi) is 4.10. The SMILES string of the molecule is COc1cc2ccc(C(=O)N(C)OC)cc2cc1OC. The lowest BCUT2D eigenvalue weighted by atomic mass is 10.1. The number of fused-ring (bicyclic) bond motifs is 1. The third-order valence-electron chi connectivity index (χ3n) is 3.15. The summed E-state index contributed by atoms with van der Waals surface area (Å²) in [5.74, 6) is 1.09. The lowest BCUT2D eigenvalue weighted by molar-refractivity contribution is -0.0756. The molecule has 0 saturated heterocycles. The minimum atomic E-state index is -0.204. The van der Waals surface area contributed by atoms with Gasteiger partial charge in [-0.15, -0.1) is 0 Å². The molecule has 5 heteroatoms. The van der Waals surface area contributed by atoms with Gasteiger partial charge in [0.1, 0.15) is 0 Å². The van der Waals surface area contributed by atoms with Crippen LogP contribution in [0.4, 0.5) is 0 Å². The lowest BCUT2D eigenvalue weighted by Crippen LogP contribution is -2.25. The number of carbonyl (C=O) groups excluding carboxylic acids is 1. The van der Waals surface area contributed by atoms with Crippen LogP contribution in [0.1, 0.15) is 10.4 Å². The van der Waals surface area contributed by atoms with E-state index >= 15 is 0 Å². The Hall–Kier alpha value is -2.27. The van der Waals surface area contributed by atoms with E-state index in [0.717, 1.165) is 10.8 Å². The van der Waals surface area contributed by atoms with Crippen LogP contribution in [-0.4, -0.2) is 39.3 Å². The topological polar surface area (TPSA) is 48.0 Å². The smallest absolute Gasteiger partial charge is 0.277 e. The molecule has 0 spiro atoms. The van der Waals surface area contributed by atoms with Crippen LogP contribution in [0.15, 0.2) is 30.3 Å². The number of hydrogen-bond donors (Lipinski definition) is 0. The van der Waals surface area contributed by atoms with Gasteiger partial charge in [-0.1, -0.05) is 6.07 Å². The van der Waals surface area contributed by atoms with Gasteiger partial charge in [0.15, 0.2) is 11.5 Å². The molecule has 0 saturated carbocycles. The first-order valence-electron chi connectivity index (χ1n) is 6.08. The number of nitrogens with zero attached hydrogens (tertiary/aromatic N) is 1. The molecule has 1 amide bonds. The minimum absolute atomic E-state index is 0.204. The Balaban J connectivity index is 2.51. The Morgan fingerprint density at radius 3 is 2.10 bits per heavy atom. The molecule has 2 rings (SSSR count). The maximum Gasteiger partial charge on any atom is 0.277 e. The third kappa shape index (κ3) is 2.53. The van der Waals surface area contributed by atoms with Gasteiger partial charge < -0.3 is 9.47 Å². The monoisotopic (exact) mass is 275 g/mol. The average molecular weight is 275 g/mol. The van der Waals surface area contributed by atoms with E-state index in [0.29, 0.717) is 17.1 Å². The molecule has 0 atom stereocenters. The largest absolute Gasteiger partial charge is 0.493 e. The van der Waals surface area contributed by atoms with Crippen LogP contribution >= 0.6 is 0 Å². The van der Waals surface area contributed by atoms with Crippen molar-refractivity contribution in [3.8, 4) is 11.5 Å². The molecule has 0 heterocycles. The summed E-state index contributed by atoms with van der Waals surface area (Å²) in [5, 5.41) is 3.05. The van der Waals surface area contributed by atoms with Crippen molar-refractivity contribution in [2.24, 2.45) is 0 Å². The first-order valence-corrected chi connectivity index (χ1v) is 6.08. The Bertz CT molecular complexity index is 639. The standard InChI is InChI=1S/C15H17NO4/c1-16(20-4)15(17)11-6-5-10-8-13(18-2)14(19-3)9-12(10)7-11/h5-9H,1-4H3. The van der Waals surface area contributed by atoms with Crippen molar-refractivity contribution in [3.05, 3.63) is 35.9 Å². The molecule has 0 unspecified atom stereocenters. The predicted molar refractivity (Wildman–Crippen MR) is 76.2 cm³/mol. The summed E-state index contributed by atoms with van der Waals surface area (Å²) >= 11 is 0. The molecule has 106 valence electrons. The molecule has 0 bridgehead atoms. The second kappa shape index (κ2) is 5.79. The van der Waals surface area contributed by atoms with Gasteiger partial charge in [0, 0.05) is 12.6 Å². The fraction of sp³-hybridized carbons (Fsp3) is 0.267. The molecule has 5 nitrogen and oxygen atoms in total. The quantitative estimate of drug-likeness (QED) is 0.804. The first kappa shape index (κ1) is 14.1. The van der Waals surface area contributed by atoms with E-state index < -0.39 is 0 Å². The maximum absolute atomic E-state index is 12.0. The predicted octanol–water partition coefficient (Wildman–Crippen LogP) is 2.49. The third-order valence-corrected chi connectivity index (χ3v) is 3.15. The van der Waals surface area contributed by atoms with Crippen molar-refractivity contribution < 1.29 is 19.1 Å². The number of rotatable bonds is 4. The lowest BCUT2D eigenvalue weighted by Gasteiger charge is -2.14. The molecule has 0 fully saturated rings.